The molecule has 120 valence electrons. The van der Waals surface area contributed by atoms with Gasteiger partial charge in [0.1, 0.15) is 6.04 Å². The molecule has 0 aliphatic rings. The highest BCUT2D eigenvalue weighted by molar-refractivity contribution is 5.99. The fraction of sp³-hybridized carbons (Fsp3) is 0.438. The van der Waals surface area contributed by atoms with E-state index in [1.54, 1.807) is 25.1 Å². The number of aliphatic carboxylic acids is 1. The molecular formula is C16H22N2O4. The fourth-order valence-electron chi connectivity index (χ4n) is 2.05. The molecule has 1 aromatic rings. The molecule has 1 unspecified atom stereocenters. The van der Waals surface area contributed by atoms with Crippen molar-refractivity contribution in [3.63, 3.8) is 0 Å². The van der Waals surface area contributed by atoms with Gasteiger partial charge in [-0.3, -0.25) is 9.59 Å². The number of anilines is 1. The highest BCUT2D eigenvalue weighted by atomic mass is 16.4. The van der Waals surface area contributed by atoms with Gasteiger partial charge in [-0.1, -0.05) is 25.8 Å². The number of carbonyl (C=O) groups is 3. The monoisotopic (exact) mass is 306 g/mol. The number of benzene rings is 1. The number of hydrogen-bond acceptors (Lipinski definition) is 3. The van der Waals surface area contributed by atoms with E-state index in [0.29, 0.717) is 23.2 Å². The maximum atomic E-state index is 12.3. The van der Waals surface area contributed by atoms with Crippen LogP contribution in [0.1, 0.15) is 49.0 Å². The number of hydrogen-bond donors (Lipinski definition) is 3. The van der Waals surface area contributed by atoms with Crippen LogP contribution in [-0.2, 0) is 9.59 Å². The predicted molar refractivity (Wildman–Crippen MR) is 83.9 cm³/mol. The Bertz CT molecular complexity index is 569. The van der Waals surface area contributed by atoms with Crippen LogP contribution in [-0.4, -0.2) is 28.9 Å². The van der Waals surface area contributed by atoms with E-state index in [0.717, 1.165) is 12.8 Å². The van der Waals surface area contributed by atoms with Gasteiger partial charge in [0, 0.05) is 18.2 Å². The van der Waals surface area contributed by atoms with Crippen molar-refractivity contribution in [2.45, 2.75) is 46.1 Å². The first-order chi connectivity index (χ1) is 10.3. The van der Waals surface area contributed by atoms with Crippen molar-refractivity contribution < 1.29 is 19.5 Å². The molecule has 0 spiro atoms. The lowest BCUT2D eigenvalue weighted by atomic mass is 10.1. The van der Waals surface area contributed by atoms with Crippen LogP contribution in [0.4, 0.5) is 5.69 Å². The summed E-state index contributed by atoms with van der Waals surface area (Å²) in [6.07, 6.45) is 1.97. The Balaban J connectivity index is 2.91. The minimum absolute atomic E-state index is 0.235. The van der Waals surface area contributed by atoms with E-state index in [-0.39, 0.29) is 5.91 Å². The highest BCUT2D eigenvalue weighted by Gasteiger charge is 2.21. The first-order valence-electron chi connectivity index (χ1n) is 7.27. The summed E-state index contributed by atoms with van der Waals surface area (Å²) in [4.78, 5) is 34.6. The molecule has 3 N–H and O–H groups in total. The van der Waals surface area contributed by atoms with Crippen LogP contribution in [0.25, 0.3) is 0 Å². The molecule has 0 aliphatic heterocycles. The van der Waals surface area contributed by atoms with Crippen LogP contribution in [0.5, 0.6) is 0 Å². The third-order valence-corrected chi connectivity index (χ3v) is 3.25. The van der Waals surface area contributed by atoms with E-state index in [1.807, 2.05) is 6.92 Å². The van der Waals surface area contributed by atoms with Gasteiger partial charge >= 0.3 is 5.97 Å². The Morgan fingerprint density at radius 2 is 1.95 bits per heavy atom. The highest BCUT2D eigenvalue weighted by Crippen LogP contribution is 2.16. The lowest BCUT2D eigenvalue weighted by Crippen LogP contribution is -2.41. The molecule has 0 radical (unpaired) electrons. The van der Waals surface area contributed by atoms with Crippen LogP contribution in [0, 0.1) is 6.92 Å². The summed E-state index contributed by atoms with van der Waals surface area (Å²) < 4.78 is 0. The summed E-state index contributed by atoms with van der Waals surface area (Å²) in [5.41, 5.74) is 1.57. The molecular weight excluding hydrogens is 284 g/mol. The number of nitrogens with one attached hydrogen (secondary N) is 2. The van der Waals surface area contributed by atoms with Gasteiger partial charge in [-0.15, -0.1) is 0 Å². The SMILES string of the molecule is CCCCC(NC(=O)c1cc(NC(C)=O)ccc1C)C(=O)O. The van der Waals surface area contributed by atoms with Gasteiger partial charge in [-0.25, -0.2) is 4.79 Å². The van der Waals surface area contributed by atoms with E-state index in [2.05, 4.69) is 10.6 Å². The van der Waals surface area contributed by atoms with E-state index in [1.165, 1.54) is 6.92 Å². The fourth-order valence-corrected chi connectivity index (χ4v) is 2.05. The van der Waals surface area contributed by atoms with E-state index in [9.17, 15) is 14.4 Å². The third kappa shape index (κ3) is 5.20. The molecule has 0 saturated carbocycles. The lowest BCUT2D eigenvalue weighted by Gasteiger charge is -2.15. The normalized spacial score (nSPS) is 11.6. The first kappa shape index (κ1) is 17.7. The van der Waals surface area contributed by atoms with Crippen LogP contribution in [0.3, 0.4) is 0 Å². The van der Waals surface area contributed by atoms with Crippen LogP contribution < -0.4 is 10.6 Å². The van der Waals surface area contributed by atoms with Crippen molar-refractivity contribution in [1.82, 2.24) is 5.32 Å². The topological polar surface area (TPSA) is 95.5 Å². The van der Waals surface area contributed by atoms with Gasteiger partial charge in [0.05, 0.1) is 0 Å². The number of aryl methyl sites for hydroxylation is 1. The van der Waals surface area contributed by atoms with Gasteiger partial charge in [0.15, 0.2) is 0 Å². The number of carboxylic acids is 1. The van der Waals surface area contributed by atoms with Crippen LogP contribution in [0.2, 0.25) is 0 Å². The Kier molecular flexibility index (Phi) is 6.56. The Labute approximate surface area is 129 Å². The van der Waals surface area contributed by atoms with Gasteiger partial charge in [0.2, 0.25) is 5.91 Å². The molecule has 0 aromatic heterocycles. The Hall–Kier alpha value is -2.37. The summed E-state index contributed by atoms with van der Waals surface area (Å²) in [7, 11) is 0. The number of amides is 2. The second-order valence-corrected chi connectivity index (χ2v) is 5.22. The third-order valence-electron chi connectivity index (χ3n) is 3.25. The zero-order chi connectivity index (χ0) is 16.7. The largest absolute Gasteiger partial charge is 0.480 e. The number of unbranched alkanes of at least 4 members (excludes halogenated alkanes) is 1. The quantitative estimate of drug-likeness (QED) is 0.720. The summed E-state index contributed by atoms with van der Waals surface area (Å²) >= 11 is 0. The molecule has 0 heterocycles. The van der Waals surface area contributed by atoms with Crippen molar-refractivity contribution in [2.24, 2.45) is 0 Å². The molecule has 1 aromatic carbocycles. The lowest BCUT2D eigenvalue weighted by molar-refractivity contribution is -0.139. The minimum atomic E-state index is -1.04. The van der Waals surface area contributed by atoms with Gasteiger partial charge < -0.3 is 15.7 Å². The molecule has 0 bridgehead atoms. The number of carboxylic acid groups (broad SMARTS) is 1. The summed E-state index contributed by atoms with van der Waals surface area (Å²) in [5.74, 6) is -1.73. The smallest absolute Gasteiger partial charge is 0.326 e. The predicted octanol–water partition coefficient (Wildman–Crippen LogP) is 2.33. The summed E-state index contributed by atoms with van der Waals surface area (Å²) in [6.45, 7) is 5.10. The molecule has 0 saturated heterocycles. The molecule has 1 atom stereocenters. The van der Waals surface area contributed by atoms with E-state index in [4.69, 9.17) is 5.11 Å². The molecule has 0 aliphatic carbocycles. The van der Waals surface area contributed by atoms with Gasteiger partial charge in [-0.2, -0.15) is 0 Å². The van der Waals surface area contributed by atoms with E-state index < -0.39 is 17.9 Å². The van der Waals surface area contributed by atoms with Gasteiger partial charge in [-0.05, 0) is 31.0 Å². The van der Waals surface area contributed by atoms with Crippen LogP contribution in [0.15, 0.2) is 18.2 Å². The second kappa shape index (κ2) is 8.17. The number of carbonyl (C=O) groups excluding carboxylic acids is 2. The molecule has 6 nitrogen and oxygen atoms in total. The maximum Gasteiger partial charge on any atom is 0.326 e. The first-order valence-corrected chi connectivity index (χ1v) is 7.27. The van der Waals surface area contributed by atoms with Crippen molar-refractivity contribution in [3.05, 3.63) is 29.3 Å². The van der Waals surface area contributed by atoms with Crippen molar-refractivity contribution in [1.29, 1.82) is 0 Å². The average molecular weight is 306 g/mol. The molecule has 0 fully saturated rings. The van der Waals surface area contributed by atoms with Crippen LogP contribution >= 0.6 is 0 Å². The molecule has 2 amide bonds. The molecule has 6 heteroatoms. The Morgan fingerprint density at radius 3 is 2.50 bits per heavy atom. The van der Waals surface area contributed by atoms with E-state index >= 15 is 0 Å². The van der Waals surface area contributed by atoms with Gasteiger partial charge in [0.25, 0.3) is 5.91 Å². The van der Waals surface area contributed by atoms with Crippen molar-refractivity contribution >= 4 is 23.5 Å². The standard InChI is InChI=1S/C16H22N2O4/c1-4-5-6-14(16(21)22)18-15(20)13-9-12(17-11(3)19)8-7-10(13)2/h7-9,14H,4-6H2,1-3H3,(H,17,19)(H,18,20)(H,21,22). The summed E-state index contributed by atoms with van der Waals surface area (Å²) in [5, 5.41) is 14.3. The average Bonchev–Trinajstić information content (AvgIpc) is 2.44. The van der Waals surface area contributed by atoms with Crippen molar-refractivity contribution in [2.75, 3.05) is 5.32 Å². The Morgan fingerprint density at radius 1 is 1.27 bits per heavy atom. The molecule has 1 rings (SSSR count). The second-order valence-electron chi connectivity index (χ2n) is 5.22. The maximum absolute atomic E-state index is 12.3. The zero-order valence-corrected chi connectivity index (χ0v) is 13.1. The number of rotatable bonds is 7. The summed E-state index contributed by atoms with van der Waals surface area (Å²) in [6, 6.07) is 4.04. The minimum Gasteiger partial charge on any atom is -0.480 e. The molecule has 22 heavy (non-hydrogen) atoms. The zero-order valence-electron chi connectivity index (χ0n) is 13.1. The van der Waals surface area contributed by atoms with Crippen molar-refractivity contribution in [3.8, 4) is 0 Å².